The molecule has 2 aromatic rings. The van der Waals surface area contributed by atoms with Crippen LogP contribution in [0.1, 0.15) is 46.0 Å². The van der Waals surface area contributed by atoms with E-state index in [0.717, 1.165) is 23.6 Å². The molecule has 0 amide bonds. The molecule has 25 heavy (non-hydrogen) atoms. The normalized spacial score (nSPS) is 10.8. The Balaban J connectivity index is 1.71. The van der Waals surface area contributed by atoms with Gasteiger partial charge in [-0.2, -0.15) is 0 Å². The molecule has 4 heteroatoms. The summed E-state index contributed by atoms with van der Waals surface area (Å²) >= 11 is 0. The molecule has 134 valence electrons. The van der Waals surface area contributed by atoms with E-state index in [2.05, 4.69) is 13.8 Å². The fourth-order valence-electron chi connectivity index (χ4n) is 2.59. The first kappa shape index (κ1) is 19.0. The quantitative estimate of drug-likeness (QED) is 0.370. The number of benzene rings is 2. The van der Waals surface area contributed by atoms with Gasteiger partial charge in [-0.05, 0) is 36.6 Å². The lowest BCUT2D eigenvalue weighted by molar-refractivity contribution is -0.144. The van der Waals surface area contributed by atoms with E-state index in [4.69, 9.17) is 9.47 Å². The van der Waals surface area contributed by atoms with Crippen molar-refractivity contribution < 1.29 is 19.1 Å². The van der Waals surface area contributed by atoms with E-state index < -0.39 is 0 Å². The monoisotopic (exact) mass is 342 g/mol. The molecule has 0 aromatic heterocycles. The maximum atomic E-state index is 12.0. The molecule has 0 radical (unpaired) electrons. The topological polar surface area (TPSA) is 52.6 Å². The van der Waals surface area contributed by atoms with Crippen molar-refractivity contribution in [1.29, 1.82) is 0 Å². The molecule has 0 aliphatic rings. The fourth-order valence-corrected chi connectivity index (χ4v) is 2.59. The summed E-state index contributed by atoms with van der Waals surface area (Å²) in [6.45, 7) is 4.74. The summed E-state index contributed by atoms with van der Waals surface area (Å²) in [6, 6.07) is 13.4. The van der Waals surface area contributed by atoms with E-state index in [9.17, 15) is 9.59 Å². The number of ether oxygens (including phenoxy) is 2. The van der Waals surface area contributed by atoms with Gasteiger partial charge in [-0.15, -0.1) is 0 Å². The lowest BCUT2D eigenvalue weighted by atomic mass is 10.1. The van der Waals surface area contributed by atoms with Gasteiger partial charge < -0.3 is 9.47 Å². The first-order chi connectivity index (χ1) is 12.1. The zero-order valence-corrected chi connectivity index (χ0v) is 15.0. The molecule has 0 atom stereocenters. The number of carbonyl (C=O) groups is 2. The van der Waals surface area contributed by atoms with Crippen LogP contribution in [0.3, 0.4) is 0 Å². The average molecular weight is 342 g/mol. The Morgan fingerprint density at radius 2 is 1.64 bits per heavy atom. The number of carbonyl (C=O) groups excluding carboxylic acids is 2. The van der Waals surface area contributed by atoms with Crippen LogP contribution >= 0.6 is 0 Å². The van der Waals surface area contributed by atoms with Crippen LogP contribution in [0, 0.1) is 5.92 Å². The average Bonchev–Trinajstić information content (AvgIpc) is 2.59. The van der Waals surface area contributed by atoms with E-state index in [-0.39, 0.29) is 24.8 Å². The molecule has 0 saturated carbocycles. The molecule has 0 saturated heterocycles. The number of esters is 2. The molecule has 0 bridgehead atoms. The van der Waals surface area contributed by atoms with E-state index in [1.54, 1.807) is 6.07 Å². The van der Waals surface area contributed by atoms with Crippen molar-refractivity contribution in [2.24, 2.45) is 5.92 Å². The van der Waals surface area contributed by atoms with Crippen molar-refractivity contribution in [3.63, 3.8) is 0 Å². The highest BCUT2D eigenvalue weighted by atomic mass is 16.5. The maximum absolute atomic E-state index is 12.0. The first-order valence-corrected chi connectivity index (χ1v) is 8.90. The minimum Gasteiger partial charge on any atom is -0.466 e. The zero-order valence-electron chi connectivity index (χ0n) is 15.0. The lowest BCUT2D eigenvalue weighted by Gasteiger charge is -2.08. The molecule has 4 nitrogen and oxygen atoms in total. The van der Waals surface area contributed by atoms with Gasteiger partial charge in [0.2, 0.25) is 0 Å². The largest absolute Gasteiger partial charge is 0.466 e. The highest BCUT2D eigenvalue weighted by Crippen LogP contribution is 2.25. The van der Waals surface area contributed by atoms with Crippen LogP contribution in [-0.4, -0.2) is 18.5 Å². The Labute approximate surface area is 149 Å². The van der Waals surface area contributed by atoms with Crippen LogP contribution in [-0.2, 0) is 14.3 Å². The second-order valence-corrected chi connectivity index (χ2v) is 6.56. The van der Waals surface area contributed by atoms with Crippen molar-refractivity contribution in [3.05, 3.63) is 42.5 Å². The Bertz CT molecular complexity index is 701. The van der Waals surface area contributed by atoms with Crippen molar-refractivity contribution in [2.45, 2.75) is 46.0 Å². The smallest absolute Gasteiger partial charge is 0.311 e. The number of fused-ring (bicyclic) bond motifs is 1. The molecule has 2 aromatic carbocycles. The van der Waals surface area contributed by atoms with E-state index in [1.165, 1.54) is 0 Å². The Morgan fingerprint density at radius 1 is 0.920 bits per heavy atom. The number of rotatable bonds is 9. The molecule has 0 aliphatic heterocycles. The summed E-state index contributed by atoms with van der Waals surface area (Å²) in [4.78, 5) is 23.6. The van der Waals surface area contributed by atoms with E-state index >= 15 is 0 Å². The molecular weight excluding hydrogens is 316 g/mol. The van der Waals surface area contributed by atoms with Crippen LogP contribution in [0.4, 0.5) is 0 Å². The molecule has 0 spiro atoms. The zero-order chi connectivity index (χ0) is 18.1. The van der Waals surface area contributed by atoms with Gasteiger partial charge in [0.25, 0.3) is 0 Å². The third kappa shape index (κ3) is 6.57. The van der Waals surface area contributed by atoms with Crippen LogP contribution in [0.2, 0.25) is 0 Å². The molecular formula is C21H26O4. The summed E-state index contributed by atoms with van der Waals surface area (Å²) in [7, 11) is 0. The molecule has 0 aliphatic carbocycles. The van der Waals surface area contributed by atoms with Crippen LogP contribution < -0.4 is 4.74 Å². The number of hydrogen-bond acceptors (Lipinski definition) is 4. The van der Waals surface area contributed by atoms with Crippen molar-refractivity contribution >= 4 is 22.7 Å². The predicted molar refractivity (Wildman–Crippen MR) is 98.5 cm³/mol. The minimum absolute atomic E-state index is 0.199. The first-order valence-electron chi connectivity index (χ1n) is 8.90. The summed E-state index contributed by atoms with van der Waals surface area (Å²) in [5.41, 5.74) is 0. The van der Waals surface area contributed by atoms with Gasteiger partial charge in [-0.1, -0.05) is 50.2 Å². The Morgan fingerprint density at radius 3 is 2.44 bits per heavy atom. The van der Waals surface area contributed by atoms with Gasteiger partial charge in [0.1, 0.15) is 5.75 Å². The van der Waals surface area contributed by atoms with Crippen LogP contribution in [0.5, 0.6) is 5.75 Å². The molecule has 0 unspecified atom stereocenters. The molecule has 2 rings (SSSR count). The summed E-state index contributed by atoms with van der Waals surface area (Å²) in [5.74, 6) is 0.590. The predicted octanol–water partition coefficient (Wildman–Crippen LogP) is 4.89. The van der Waals surface area contributed by atoms with Crippen LogP contribution in [0.15, 0.2) is 42.5 Å². The van der Waals surface area contributed by atoms with E-state index in [1.807, 2.05) is 36.4 Å². The fraction of sp³-hybridized carbons (Fsp3) is 0.429. The van der Waals surface area contributed by atoms with Crippen molar-refractivity contribution in [2.75, 3.05) is 6.61 Å². The van der Waals surface area contributed by atoms with Gasteiger partial charge in [-0.25, -0.2) is 0 Å². The number of hydrogen-bond donors (Lipinski definition) is 0. The summed E-state index contributed by atoms with van der Waals surface area (Å²) < 4.78 is 10.6. The van der Waals surface area contributed by atoms with Crippen LogP contribution in [0.25, 0.3) is 10.8 Å². The minimum atomic E-state index is -0.330. The van der Waals surface area contributed by atoms with Crippen molar-refractivity contribution in [3.8, 4) is 5.75 Å². The van der Waals surface area contributed by atoms with Gasteiger partial charge in [0.05, 0.1) is 6.61 Å². The van der Waals surface area contributed by atoms with Gasteiger partial charge in [0.15, 0.2) is 0 Å². The molecule has 0 heterocycles. The lowest BCUT2D eigenvalue weighted by Crippen LogP contribution is -2.11. The Kier molecular flexibility index (Phi) is 7.45. The van der Waals surface area contributed by atoms with Gasteiger partial charge in [-0.3, -0.25) is 9.59 Å². The van der Waals surface area contributed by atoms with Gasteiger partial charge in [0, 0.05) is 18.2 Å². The highest BCUT2D eigenvalue weighted by molar-refractivity contribution is 5.90. The van der Waals surface area contributed by atoms with Crippen molar-refractivity contribution in [1.82, 2.24) is 0 Å². The highest BCUT2D eigenvalue weighted by Gasteiger charge is 2.10. The van der Waals surface area contributed by atoms with Gasteiger partial charge >= 0.3 is 11.9 Å². The van der Waals surface area contributed by atoms with E-state index in [0.29, 0.717) is 24.7 Å². The second kappa shape index (κ2) is 9.82. The summed E-state index contributed by atoms with van der Waals surface area (Å²) in [6.07, 6.45) is 2.81. The molecule has 0 N–H and O–H groups in total. The SMILES string of the molecule is CC(C)CCCOC(=O)CCCC(=O)Oc1cccc2ccccc12. The summed E-state index contributed by atoms with van der Waals surface area (Å²) in [5, 5.41) is 1.93. The third-order valence-electron chi connectivity index (χ3n) is 3.92. The standard InChI is InChI=1S/C21H26O4/c1-16(2)8-7-15-24-20(22)13-6-14-21(23)25-19-12-5-10-17-9-3-4-11-18(17)19/h3-5,9-12,16H,6-8,13-15H2,1-2H3. The third-order valence-corrected chi connectivity index (χ3v) is 3.92. The maximum Gasteiger partial charge on any atom is 0.311 e. The Hall–Kier alpha value is -2.36. The second-order valence-electron chi connectivity index (χ2n) is 6.56. The molecule has 0 fully saturated rings.